The molecule has 0 saturated heterocycles. The standard InChI is InChI=1S/C15H20Br2O2/c1-15(2,14(18)19-3)9-5-8-13(17)11-6-4-7-12(16)10-11/h4,6-7,10,13H,5,8-9H2,1-3H3. The largest absolute Gasteiger partial charge is 0.469 e. The molecule has 19 heavy (non-hydrogen) atoms. The predicted molar refractivity (Wildman–Crippen MR) is 85.5 cm³/mol. The molecule has 0 N–H and O–H groups in total. The van der Waals surface area contributed by atoms with Gasteiger partial charge in [-0.05, 0) is 44.4 Å². The number of esters is 1. The summed E-state index contributed by atoms with van der Waals surface area (Å²) in [6.07, 6.45) is 2.80. The summed E-state index contributed by atoms with van der Waals surface area (Å²) in [5.74, 6) is -0.138. The Hall–Kier alpha value is -0.350. The molecular formula is C15H20Br2O2. The van der Waals surface area contributed by atoms with Crippen LogP contribution in [0.25, 0.3) is 0 Å². The Balaban J connectivity index is 2.47. The van der Waals surface area contributed by atoms with E-state index in [-0.39, 0.29) is 5.97 Å². The van der Waals surface area contributed by atoms with Crippen molar-refractivity contribution in [2.75, 3.05) is 7.11 Å². The number of carbonyl (C=O) groups excluding carboxylic acids is 1. The molecule has 1 unspecified atom stereocenters. The molecule has 1 aromatic rings. The number of benzene rings is 1. The van der Waals surface area contributed by atoms with Gasteiger partial charge in [0.25, 0.3) is 0 Å². The number of hydrogen-bond acceptors (Lipinski definition) is 2. The molecule has 0 spiro atoms. The van der Waals surface area contributed by atoms with Crippen LogP contribution in [0, 0.1) is 5.41 Å². The quantitative estimate of drug-likeness (QED) is 0.488. The van der Waals surface area contributed by atoms with Crippen LogP contribution in [0.3, 0.4) is 0 Å². The van der Waals surface area contributed by atoms with Crippen molar-refractivity contribution in [2.45, 2.75) is 37.9 Å². The highest BCUT2D eigenvalue weighted by atomic mass is 79.9. The smallest absolute Gasteiger partial charge is 0.311 e. The summed E-state index contributed by atoms with van der Waals surface area (Å²) in [5.41, 5.74) is 0.851. The number of rotatable bonds is 6. The molecule has 0 aliphatic carbocycles. The fourth-order valence-electron chi connectivity index (χ4n) is 1.97. The highest BCUT2D eigenvalue weighted by molar-refractivity contribution is 9.10. The van der Waals surface area contributed by atoms with E-state index < -0.39 is 5.41 Å². The van der Waals surface area contributed by atoms with E-state index in [1.54, 1.807) is 0 Å². The van der Waals surface area contributed by atoms with Crippen molar-refractivity contribution < 1.29 is 9.53 Å². The number of carbonyl (C=O) groups is 1. The molecule has 4 heteroatoms. The molecule has 1 rings (SSSR count). The SMILES string of the molecule is COC(=O)C(C)(C)CCCC(Br)c1cccc(Br)c1. The van der Waals surface area contributed by atoms with Gasteiger partial charge in [-0.1, -0.05) is 50.4 Å². The van der Waals surface area contributed by atoms with Gasteiger partial charge in [0, 0.05) is 9.30 Å². The van der Waals surface area contributed by atoms with Gasteiger partial charge in [-0.15, -0.1) is 0 Å². The zero-order valence-electron chi connectivity index (χ0n) is 11.6. The van der Waals surface area contributed by atoms with Crippen molar-refractivity contribution >= 4 is 37.8 Å². The molecule has 0 bridgehead atoms. The average molecular weight is 392 g/mol. The van der Waals surface area contributed by atoms with Gasteiger partial charge < -0.3 is 4.74 Å². The molecule has 0 fully saturated rings. The number of hydrogen-bond donors (Lipinski definition) is 0. The normalized spacial score (nSPS) is 13.1. The molecule has 0 aliphatic heterocycles. The van der Waals surface area contributed by atoms with Gasteiger partial charge >= 0.3 is 5.97 Å². The lowest BCUT2D eigenvalue weighted by Crippen LogP contribution is -2.25. The van der Waals surface area contributed by atoms with Crippen molar-refractivity contribution in [1.82, 2.24) is 0 Å². The average Bonchev–Trinajstić information content (AvgIpc) is 2.37. The van der Waals surface area contributed by atoms with Crippen LogP contribution in [-0.4, -0.2) is 13.1 Å². The topological polar surface area (TPSA) is 26.3 Å². The van der Waals surface area contributed by atoms with Crippen LogP contribution in [0.1, 0.15) is 43.5 Å². The summed E-state index contributed by atoms with van der Waals surface area (Å²) in [6, 6.07) is 8.27. The monoisotopic (exact) mass is 390 g/mol. The van der Waals surface area contributed by atoms with Gasteiger partial charge in [0.2, 0.25) is 0 Å². The Kier molecular flexibility index (Phi) is 6.54. The fourth-order valence-corrected chi connectivity index (χ4v) is 3.00. The molecular weight excluding hydrogens is 372 g/mol. The molecule has 106 valence electrons. The zero-order valence-corrected chi connectivity index (χ0v) is 14.8. The second-order valence-electron chi connectivity index (χ2n) is 5.29. The maximum atomic E-state index is 11.6. The van der Waals surface area contributed by atoms with Crippen LogP contribution in [0.2, 0.25) is 0 Å². The highest BCUT2D eigenvalue weighted by Gasteiger charge is 2.28. The van der Waals surface area contributed by atoms with Crippen LogP contribution >= 0.6 is 31.9 Å². The molecule has 0 saturated carbocycles. The van der Waals surface area contributed by atoms with Gasteiger partial charge in [0.1, 0.15) is 0 Å². The highest BCUT2D eigenvalue weighted by Crippen LogP contribution is 2.33. The third-order valence-electron chi connectivity index (χ3n) is 3.21. The van der Waals surface area contributed by atoms with Crippen LogP contribution in [-0.2, 0) is 9.53 Å². The van der Waals surface area contributed by atoms with E-state index in [0.29, 0.717) is 4.83 Å². The number of halogens is 2. The summed E-state index contributed by atoms with van der Waals surface area (Å²) in [4.78, 5) is 11.9. The van der Waals surface area contributed by atoms with Gasteiger partial charge in [-0.3, -0.25) is 4.79 Å². The molecule has 0 radical (unpaired) electrons. The van der Waals surface area contributed by atoms with E-state index in [4.69, 9.17) is 4.74 Å². The third kappa shape index (κ3) is 5.27. The Bertz CT molecular complexity index is 430. The molecule has 1 atom stereocenters. The number of alkyl halides is 1. The van der Waals surface area contributed by atoms with Crippen molar-refractivity contribution in [3.05, 3.63) is 34.3 Å². The first kappa shape index (κ1) is 16.7. The molecule has 2 nitrogen and oxygen atoms in total. The Morgan fingerprint density at radius 3 is 2.68 bits per heavy atom. The molecule has 0 aromatic heterocycles. The van der Waals surface area contributed by atoms with Crippen molar-refractivity contribution in [1.29, 1.82) is 0 Å². The van der Waals surface area contributed by atoms with Gasteiger partial charge in [0.15, 0.2) is 0 Å². The number of ether oxygens (including phenoxy) is 1. The predicted octanol–water partition coefficient (Wildman–Crippen LogP) is 5.25. The number of methoxy groups -OCH3 is 1. The van der Waals surface area contributed by atoms with Crippen molar-refractivity contribution in [3.63, 3.8) is 0 Å². The summed E-state index contributed by atoms with van der Waals surface area (Å²) in [6.45, 7) is 3.86. The molecule has 0 aliphatic rings. The lowest BCUT2D eigenvalue weighted by atomic mass is 9.87. The van der Waals surface area contributed by atoms with Crippen molar-refractivity contribution in [3.8, 4) is 0 Å². The van der Waals surface area contributed by atoms with Gasteiger partial charge in [-0.2, -0.15) is 0 Å². The van der Waals surface area contributed by atoms with E-state index in [1.807, 2.05) is 26.0 Å². The summed E-state index contributed by atoms with van der Waals surface area (Å²) in [5, 5.41) is 0. The third-order valence-corrected chi connectivity index (χ3v) is 4.69. The first-order valence-electron chi connectivity index (χ1n) is 6.35. The fraction of sp³-hybridized carbons (Fsp3) is 0.533. The maximum Gasteiger partial charge on any atom is 0.311 e. The van der Waals surface area contributed by atoms with E-state index in [1.165, 1.54) is 12.7 Å². The first-order chi connectivity index (χ1) is 8.86. The summed E-state index contributed by atoms with van der Waals surface area (Å²) < 4.78 is 5.90. The molecule has 0 heterocycles. The lowest BCUT2D eigenvalue weighted by Gasteiger charge is -2.21. The minimum Gasteiger partial charge on any atom is -0.469 e. The van der Waals surface area contributed by atoms with E-state index >= 15 is 0 Å². The Morgan fingerprint density at radius 1 is 1.42 bits per heavy atom. The van der Waals surface area contributed by atoms with Crippen LogP contribution in [0.5, 0.6) is 0 Å². The van der Waals surface area contributed by atoms with Crippen LogP contribution < -0.4 is 0 Å². The van der Waals surface area contributed by atoms with Gasteiger partial charge in [0.05, 0.1) is 12.5 Å². The van der Waals surface area contributed by atoms with E-state index in [9.17, 15) is 4.79 Å². The Morgan fingerprint density at radius 2 is 2.11 bits per heavy atom. The van der Waals surface area contributed by atoms with Crippen molar-refractivity contribution in [2.24, 2.45) is 5.41 Å². The second kappa shape index (κ2) is 7.44. The van der Waals surface area contributed by atoms with Crippen LogP contribution in [0.4, 0.5) is 0 Å². The summed E-state index contributed by atoms with van der Waals surface area (Å²) >= 11 is 7.18. The molecule has 0 amide bonds. The minimum atomic E-state index is -0.404. The lowest BCUT2D eigenvalue weighted by molar-refractivity contribution is -0.151. The van der Waals surface area contributed by atoms with Crippen LogP contribution in [0.15, 0.2) is 28.7 Å². The maximum absolute atomic E-state index is 11.6. The zero-order chi connectivity index (χ0) is 14.5. The minimum absolute atomic E-state index is 0.138. The Labute approximate surface area is 132 Å². The van der Waals surface area contributed by atoms with Gasteiger partial charge in [-0.25, -0.2) is 0 Å². The molecule has 1 aromatic carbocycles. The summed E-state index contributed by atoms with van der Waals surface area (Å²) in [7, 11) is 1.44. The van der Waals surface area contributed by atoms with E-state index in [0.717, 1.165) is 23.7 Å². The van der Waals surface area contributed by atoms with E-state index in [2.05, 4.69) is 44.0 Å². The first-order valence-corrected chi connectivity index (χ1v) is 8.05. The second-order valence-corrected chi connectivity index (χ2v) is 7.31.